The molecule has 2 rings (SSSR count). The first kappa shape index (κ1) is 12.5. The number of benzene rings is 1. The predicted molar refractivity (Wildman–Crippen MR) is 69.7 cm³/mol. The zero-order valence-corrected chi connectivity index (χ0v) is 9.74. The van der Waals surface area contributed by atoms with Crippen molar-refractivity contribution in [1.82, 2.24) is 4.98 Å². The van der Waals surface area contributed by atoms with Crippen molar-refractivity contribution < 1.29 is 9.72 Å². The summed E-state index contributed by atoms with van der Waals surface area (Å²) in [5.74, 6) is -0.598. The lowest BCUT2D eigenvalue weighted by molar-refractivity contribution is -0.385. The van der Waals surface area contributed by atoms with E-state index in [4.69, 9.17) is 5.73 Å². The minimum absolute atomic E-state index is 0.0296. The summed E-state index contributed by atoms with van der Waals surface area (Å²) in [5, 5.41) is 13.2. The van der Waals surface area contributed by atoms with Crippen LogP contribution >= 0.6 is 0 Å². The molecule has 0 unspecified atom stereocenters. The molecule has 0 fully saturated rings. The van der Waals surface area contributed by atoms with Crippen LogP contribution in [0.25, 0.3) is 0 Å². The highest BCUT2D eigenvalue weighted by atomic mass is 16.6. The number of para-hydroxylation sites is 1. The van der Waals surface area contributed by atoms with Gasteiger partial charge in [0, 0.05) is 11.8 Å². The summed E-state index contributed by atoms with van der Waals surface area (Å²) in [4.78, 5) is 25.6. The highest BCUT2D eigenvalue weighted by molar-refractivity contribution is 6.07. The van der Waals surface area contributed by atoms with Gasteiger partial charge in [-0.25, -0.2) is 4.98 Å². The molecular weight excluding hydrogens is 248 g/mol. The van der Waals surface area contributed by atoms with E-state index in [2.05, 4.69) is 10.3 Å². The fraction of sp³-hybridized carbons (Fsp3) is 0. The van der Waals surface area contributed by atoms with Crippen molar-refractivity contribution in [3.8, 4) is 0 Å². The smallest absolute Gasteiger partial charge is 0.288 e. The van der Waals surface area contributed by atoms with Crippen LogP contribution in [0.2, 0.25) is 0 Å². The molecule has 0 aliphatic carbocycles. The molecule has 7 nitrogen and oxygen atoms in total. The Kier molecular flexibility index (Phi) is 3.37. The van der Waals surface area contributed by atoms with Crippen LogP contribution in [0.1, 0.15) is 10.4 Å². The standard InChI is InChI=1S/C12H10N4O3/c13-11-10(6-9(7-14-11)16(18)19)12(17)15-8-4-2-1-3-5-8/h1-7H,(H2,13,14)(H,15,17). The van der Waals surface area contributed by atoms with Crippen LogP contribution in [0.5, 0.6) is 0 Å². The number of anilines is 2. The maximum absolute atomic E-state index is 12.0. The second-order valence-electron chi connectivity index (χ2n) is 3.70. The maximum atomic E-state index is 12.0. The van der Waals surface area contributed by atoms with Gasteiger partial charge in [-0.3, -0.25) is 14.9 Å². The molecule has 7 heteroatoms. The highest BCUT2D eigenvalue weighted by Crippen LogP contribution is 2.18. The molecule has 0 radical (unpaired) electrons. The molecule has 0 spiro atoms. The summed E-state index contributed by atoms with van der Waals surface area (Å²) >= 11 is 0. The van der Waals surface area contributed by atoms with E-state index in [9.17, 15) is 14.9 Å². The first-order valence-electron chi connectivity index (χ1n) is 5.34. The van der Waals surface area contributed by atoms with E-state index < -0.39 is 10.8 Å². The fourth-order valence-electron chi connectivity index (χ4n) is 1.47. The second-order valence-corrected chi connectivity index (χ2v) is 3.70. The lowest BCUT2D eigenvalue weighted by Crippen LogP contribution is -2.15. The first-order chi connectivity index (χ1) is 9.08. The number of nitrogens with zero attached hydrogens (tertiary/aromatic N) is 2. The largest absolute Gasteiger partial charge is 0.383 e. The summed E-state index contributed by atoms with van der Waals surface area (Å²) in [7, 11) is 0. The molecule has 0 saturated heterocycles. The zero-order valence-electron chi connectivity index (χ0n) is 9.74. The van der Waals surface area contributed by atoms with Gasteiger partial charge in [-0.15, -0.1) is 0 Å². The summed E-state index contributed by atoms with van der Waals surface area (Å²) in [6, 6.07) is 9.80. The van der Waals surface area contributed by atoms with Gasteiger partial charge in [-0.05, 0) is 12.1 Å². The molecule has 1 amide bonds. The van der Waals surface area contributed by atoms with Crippen LogP contribution in [-0.4, -0.2) is 15.8 Å². The maximum Gasteiger partial charge on any atom is 0.288 e. The molecule has 2 aromatic rings. The van der Waals surface area contributed by atoms with Crippen molar-refractivity contribution in [1.29, 1.82) is 0 Å². The van der Waals surface area contributed by atoms with Crippen LogP contribution in [0, 0.1) is 10.1 Å². The highest BCUT2D eigenvalue weighted by Gasteiger charge is 2.16. The minimum Gasteiger partial charge on any atom is -0.383 e. The van der Waals surface area contributed by atoms with Gasteiger partial charge >= 0.3 is 0 Å². The predicted octanol–water partition coefficient (Wildman–Crippen LogP) is 1.82. The van der Waals surface area contributed by atoms with Gasteiger partial charge in [0.1, 0.15) is 12.0 Å². The van der Waals surface area contributed by atoms with E-state index in [1.807, 2.05) is 0 Å². The van der Waals surface area contributed by atoms with Crippen molar-refractivity contribution in [3.63, 3.8) is 0 Å². The SMILES string of the molecule is Nc1ncc([N+](=O)[O-])cc1C(=O)Nc1ccccc1. The van der Waals surface area contributed by atoms with Gasteiger partial charge in [-0.2, -0.15) is 0 Å². The Balaban J connectivity index is 2.28. The van der Waals surface area contributed by atoms with Crippen molar-refractivity contribution in [2.75, 3.05) is 11.1 Å². The fourth-order valence-corrected chi connectivity index (χ4v) is 1.47. The number of nitrogens with one attached hydrogen (secondary N) is 1. The van der Waals surface area contributed by atoms with Crippen molar-refractivity contribution >= 4 is 23.1 Å². The quantitative estimate of drug-likeness (QED) is 0.644. The number of nitrogens with two attached hydrogens (primary N) is 1. The number of aromatic nitrogens is 1. The van der Waals surface area contributed by atoms with Crippen molar-refractivity contribution in [2.45, 2.75) is 0 Å². The number of nitrogen functional groups attached to an aromatic ring is 1. The van der Waals surface area contributed by atoms with Gasteiger partial charge in [0.15, 0.2) is 0 Å². The number of hydrogen-bond acceptors (Lipinski definition) is 5. The molecule has 96 valence electrons. The molecule has 19 heavy (non-hydrogen) atoms. The molecule has 0 bridgehead atoms. The molecule has 1 aromatic carbocycles. The molecule has 0 aliphatic heterocycles. The third-order valence-corrected chi connectivity index (χ3v) is 2.39. The number of pyridine rings is 1. The minimum atomic E-state index is -0.633. The lowest BCUT2D eigenvalue weighted by Gasteiger charge is -2.06. The summed E-state index contributed by atoms with van der Waals surface area (Å²) < 4.78 is 0. The monoisotopic (exact) mass is 258 g/mol. The van der Waals surface area contributed by atoms with Gasteiger partial charge in [0.25, 0.3) is 11.6 Å². The average Bonchev–Trinajstić information content (AvgIpc) is 2.40. The lowest BCUT2D eigenvalue weighted by atomic mass is 10.2. The topological polar surface area (TPSA) is 111 Å². The Morgan fingerprint density at radius 2 is 2.00 bits per heavy atom. The molecule has 1 aromatic heterocycles. The molecule has 0 aliphatic rings. The van der Waals surface area contributed by atoms with Crippen molar-refractivity contribution in [2.24, 2.45) is 0 Å². The normalized spacial score (nSPS) is 9.89. The number of hydrogen-bond donors (Lipinski definition) is 2. The van der Waals surface area contributed by atoms with E-state index in [0.29, 0.717) is 5.69 Å². The number of amides is 1. The Morgan fingerprint density at radius 3 is 2.63 bits per heavy atom. The van der Waals surface area contributed by atoms with E-state index in [1.54, 1.807) is 30.3 Å². The van der Waals surface area contributed by atoms with E-state index in [1.165, 1.54) is 0 Å². The third-order valence-electron chi connectivity index (χ3n) is 2.39. The van der Waals surface area contributed by atoms with Crippen LogP contribution < -0.4 is 11.1 Å². The Morgan fingerprint density at radius 1 is 1.32 bits per heavy atom. The van der Waals surface area contributed by atoms with Gasteiger partial charge in [0.05, 0.1) is 10.5 Å². The number of carbonyl (C=O) groups excluding carboxylic acids is 1. The Labute approximate surface area is 108 Å². The molecular formula is C12H10N4O3. The van der Waals surface area contributed by atoms with Crippen LogP contribution in [-0.2, 0) is 0 Å². The van der Waals surface area contributed by atoms with Gasteiger partial charge in [-0.1, -0.05) is 18.2 Å². The van der Waals surface area contributed by atoms with Gasteiger partial charge < -0.3 is 11.1 Å². The van der Waals surface area contributed by atoms with Crippen molar-refractivity contribution in [3.05, 3.63) is 58.3 Å². The van der Waals surface area contributed by atoms with E-state index >= 15 is 0 Å². The Hall–Kier alpha value is -2.96. The van der Waals surface area contributed by atoms with Crippen LogP contribution in [0.3, 0.4) is 0 Å². The van der Waals surface area contributed by atoms with Gasteiger partial charge in [0.2, 0.25) is 0 Å². The molecule has 0 saturated carbocycles. The van der Waals surface area contributed by atoms with Crippen LogP contribution in [0.15, 0.2) is 42.6 Å². The third kappa shape index (κ3) is 2.83. The second kappa shape index (κ2) is 5.13. The summed E-state index contributed by atoms with van der Waals surface area (Å²) in [6.07, 6.45) is 1.01. The van der Waals surface area contributed by atoms with E-state index in [-0.39, 0.29) is 17.1 Å². The summed E-state index contributed by atoms with van der Waals surface area (Å²) in [5.41, 5.74) is 5.80. The number of nitro groups is 1. The number of rotatable bonds is 3. The molecule has 3 N–H and O–H groups in total. The summed E-state index contributed by atoms with van der Waals surface area (Å²) in [6.45, 7) is 0. The zero-order chi connectivity index (χ0) is 13.8. The number of carbonyl (C=O) groups is 1. The Bertz CT molecular complexity index is 628. The van der Waals surface area contributed by atoms with Crippen LogP contribution in [0.4, 0.5) is 17.2 Å². The molecule has 0 atom stereocenters. The average molecular weight is 258 g/mol. The molecule has 1 heterocycles. The first-order valence-corrected chi connectivity index (χ1v) is 5.34. The van der Waals surface area contributed by atoms with E-state index in [0.717, 1.165) is 12.3 Å².